The SMILES string of the molecule is NCCCn1c(Nc2ccccc2F)nc2cnc(NC3CCC(O)CC3)nc21. The van der Waals surface area contributed by atoms with E-state index in [4.69, 9.17) is 5.73 Å². The van der Waals surface area contributed by atoms with Crippen LogP contribution >= 0.6 is 0 Å². The second-order valence-corrected chi connectivity index (χ2v) is 7.39. The lowest BCUT2D eigenvalue weighted by Gasteiger charge is -2.26. The lowest BCUT2D eigenvalue weighted by molar-refractivity contribution is 0.126. The molecule has 5 N–H and O–H groups in total. The van der Waals surface area contributed by atoms with Crippen LogP contribution in [0, 0.1) is 5.82 Å². The first-order chi connectivity index (χ1) is 14.1. The van der Waals surface area contributed by atoms with Crippen molar-refractivity contribution in [2.75, 3.05) is 17.2 Å². The fourth-order valence-electron chi connectivity index (χ4n) is 3.63. The molecule has 0 atom stereocenters. The first kappa shape index (κ1) is 19.5. The van der Waals surface area contributed by atoms with Crippen LogP contribution in [0.4, 0.5) is 22.0 Å². The summed E-state index contributed by atoms with van der Waals surface area (Å²) in [5, 5.41) is 16.1. The van der Waals surface area contributed by atoms with E-state index in [-0.39, 0.29) is 18.0 Å². The average Bonchev–Trinajstić information content (AvgIpc) is 3.06. The van der Waals surface area contributed by atoms with Crippen molar-refractivity contribution in [3.8, 4) is 0 Å². The van der Waals surface area contributed by atoms with Gasteiger partial charge in [0, 0.05) is 12.6 Å². The number of para-hydroxylation sites is 1. The Bertz CT molecular complexity index is 969. The second-order valence-electron chi connectivity index (χ2n) is 7.39. The smallest absolute Gasteiger partial charge is 0.224 e. The van der Waals surface area contributed by atoms with Crippen LogP contribution in [0.2, 0.25) is 0 Å². The largest absolute Gasteiger partial charge is 0.393 e. The number of halogens is 1. The highest BCUT2D eigenvalue weighted by atomic mass is 19.1. The molecule has 0 unspecified atom stereocenters. The molecule has 0 bridgehead atoms. The number of benzene rings is 1. The van der Waals surface area contributed by atoms with E-state index in [1.54, 1.807) is 24.4 Å². The molecule has 0 spiro atoms. The Balaban J connectivity index is 1.62. The van der Waals surface area contributed by atoms with Gasteiger partial charge in [-0.05, 0) is 50.8 Å². The van der Waals surface area contributed by atoms with E-state index in [0.717, 1.165) is 32.1 Å². The molecular formula is C20H26FN7O. The molecule has 9 heteroatoms. The average molecular weight is 399 g/mol. The van der Waals surface area contributed by atoms with Crippen LogP contribution in [0.15, 0.2) is 30.5 Å². The molecule has 2 heterocycles. The lowest BCUT2D eigenvalue weighted by Crippen LogP contribution is -2.28. The van der Waals surface area contributed by atoms with Crippen LogP contribution in [0.1, 0.15) is 32.1 Å². The summed E-state index contributed by atoms with van der Waals surface area (Å²) in [7, 11) is 0. The van der Waals surface area contributed by atoms with Crippen molar-refractivity contribution < 1.29 is 9.50 Å². The van der Waals surface area contributed by atoms with Crippen LogP contribution in [-0.2, 0) is 6.54 Å². The zero-order valence-corrected chi connectivity index (χ0v) is 16.2. The van der Waals surface area contributed by atoms with Gasteiger partial charge in [0.2, 0.25) is 11.9 Å². The van der Waals surface area contributed by atoms with Gasteiger partial charge in [0.15, 0.2) is 5.65 Å². The number of hydrogen-bond acceptors (Lipinski definition) is 7. The molecular weight excluding hydrogens is 373 g/mol. The minimum absolute atomic E-state index is 0.207. The predicted octanol–water partition coefficient (Wildman–Crippen LogP) is 2.77. The van der Waals surface area contributed by atoms with E-state index >= 15 is 0 Å². The number of aliphatic hydroxyl groups excluding tert-OH is 1. The maximum atomic E-state index is 14.1. The third kappa shape index (κ3) is 4.46. The van der Waals surface area contributed by atoms with Gasteiger partial charge < -0.3 is 21.5 Å². The number of nitrogens with zero attached hydrogens (tertiary/aromatic N) is 4. The van der Waals surface area contributed by atoms with E-state index in [2.05, 4.69) is 25.6 Å². The third-order valence-electron chi connectivity index (χ3n) is 5.22. The van der Waals surface area contributed by atoms with E-state index in [1.165, 1.54) is 6.07 Å². The first-order valence-corrected chi connectivity index (χ1v) is 10.0. The first-order valence-electron chi connectivity index (χ1n) is 10.0. The van der Waals surface area contributed by atoms with Gasteiger partial charge in [-0.3, -0.25) is 4.57 Å². The van der Waals surface area contributed by atoms with Gasteiger partial charge in [0.25, 0.3) is 0 Å². The summed E-state index contributed by atoms with van der Waals surface area (Å²) in [5.74, 6) is 0.689. The molecule has 1 aliphatic carbocycles. The molecule has 0 radical (unpaired) electrons. The van der Waals surface area contributed by atoms with E-state index < -0.39 is 0 Å². The number of fused-ring (bicyclic) bond motifs is 1. The number of hydrogen-bond donors (Lipinski definition) is 4. The summed E-state index contributed by atoms with van der Waals surface area (Å²) in [5.41, 5.74) is 7.35. The van der Waals surface area contributed by atoms with Crippen molar-refractivity contribution in [1.29, 1.82) is 0 Å². The number of nitrogens with one attached hydrogen (secondary N) is 2. The Labute approximate surface area is 168 Å². The summed E-state index contributed by atoms with van der Waals surface area (Å²) in [4.78, 5) is 13.6. The highest BCUT2D eigenvalue weighted by Gasteiger charge is 2.21. The van der Waals surface area contributed by atoms with Crippen LogP contribution < -0.4 is 16.4 Å². The number of aryl methyl sites for hydroxylation is 1. The lowest BCUT2D eigenvalue weighted by atomic mass is 9.93. The minimum atomic E-state index is -0.349. The minimum Gasteiger partial charge on any atom is -0.393 e. The van der Waals surface area contributed by atoms with Gasteiger partial charge >= 0.3 is 0 Å². The normalized spacial score (nSPS) is 19.4. The number of aromatic nitrogens is 4. The third-order valence-corrected chi connectivity index (χ3v) is 5.22. The number of anilines is 3. The monoisotopic (exact) mass is 399 g/mol. The van der Waals surface area contributed by atoms with Gasteiger partial charge in [-0.1, -0.05) is 12.1 Å². The van der Waals surface area contributed by atoms with Crippen molar-refractivity contribution >= 4 is 28.7 Å². The molecule has 1 fully saturated rings. The molecule has 29 heavy (non-hydrogen) atoms. The zero-order chi connectivity index (χ0) is 20.2. The summed E-state index contributed by atoms with van der Waals surface area (Å²) in [6.07, 6.45) is 5.54. The van der Waals surface area contributed by atoms with Crippen molar-refractivity contribution in [1.82, 2.24) is 19.5 Å². The fraction of sp³-hybridized carbons (Fsp3) is 0.450. The quantitative estimate of drug-likeness (QED) is 0.483. The number of nitrogens with two attached hydrogens (primary N) is 1. The maximum Gasteiger partial charge on any atom is 0.224 e. The van der Waals surface area contributed by atoms with E-state index in [1.807, 2.05) is 4.57 Å². The van der Waals surface area contributed by atoms with Crippen molar-refractivity contribution in [2.45, 2.75) is 50.8 Å². The van der Waals surface area contributed by atoms with Gasteiger partial charge in [0.05, 0.1) is 18.0 Å². The van der Waals surface area contributed by atoms with Crippen molar-refractivity contribution in [3.05, 3.63) is 36.3 Å². The van der Waals surface area contributed by atoms with Crippen LogP contribution in [0.3, 0.4) is 0 Å². The molecule has 0 amide bonds. The summed E-state index contributed by atoms with van der Waals surface area (Å²) >= 11 is 0. The van der Waals surface area contributed by atoms with Gasteiger partial charge in [-0.15, -0.1) is 0 Å². The second kappa shape index (κ2) is 8.71. The molecule has 1 aliphatic rings. The topological polar surface area (TPSA) is 114 Å². The molecule has 3 aromatic rings. The van der Waals surface area contributed by atoms with Gasteiger partial charge in [0.1, 0.15) is 11.3 Å². The highest BCUT2D eigenvalue weighted by molar-refractivity contribution is 5.76. The summed E-state index contributed by atoms with van der Waals surface area (Å²) < 4.78 is 16.0. The molecule has 8 nitrogen and oxygen atoms in total. The maximum absolute atomic E-state index is 14.1. The molecule has 1 saturated carbocycles. The van der Waals surface area contributed by atoms with E-state index in [0.29, 0.717) is 41.8 Å². The summed E-state index contributed by atoms with van der Waals surface area (Å²) in [6.45, 7) is 1.13. The number of aliphatic hydroxyl groups is 1. The zero-order valence-electron chi connectivity index (χ0n) is 16.2. The molecule has 1 aromatic carbocycles. The van der Waals surface area contributed by atoms with Crippen molar-refractivity contribution in [2.24, 2.45) is 5.73 Å². The van der Waals surface area contributed by atoms with Crippen LogP contribution in [0.25, 0.3) is 11.2 Å². The van der Waals surface area contributed by atoms with E-state index in [9.17, 15) is 9.50 Å². The van der Waals surface area contributed by atoms with Crippen LogP contribution in [0.5, 0.6) is 0 Å². The standard InChI is InChI=1S/C20H26FN7O/c21-15-4-1-2-5-16(15)25-20-26-17-12-23-19(24-13-6-8-14(29)9-7-13)27-18(17)28(20)11-3-10-22/h1-2,4-5,12-14,29H,3,6-11,22H2,(H,25,26)(H,23,24,27). The molecule has 154 valence electrons. The summed E-state index contributed by atoms with van der Waals surface area (Å²) in [6, 6.07) is 6.72. The molecule has 0 saturated heterocycles. The Hall–Kier alpha value is -2.78. The van der Waals surface area contributed by atoms with Crippen molar-refractivity contribution in [3.63, 3.8) is 0 Å². The van der Waals surface area contributed by atoms with Crippen LogP contribution in [-0.4, -0.2) is 43.3 Å². The highest BCUT2D eigenvalue weighted by Crippen LogP contribution is 2.25. The molecule has 4 rings (SSSR count). The Morgan fingerprint density at radius 3 is 2.72 bits per heavy atom. The van der Waals surface area contributed by atoms with Gasteiger partial charge in [-0.2, -0.15) is 4.98 Å². The molecule has 0 aliphatic heterocycles. The van der Waals surface area contributed by atoms with Gasteiger partial charge in [-0.25, -0.2) is 14.4 Å². The predicted molar refractivity (Wildman–Crippen MR) is 111 cm³/mol. The molecule has 2 aromatic heterocycles. The number of imidazole rings is 1. The fourth-order valence-corrected chi connectivity index (χ4v) is 3.63. The Morgan fingerprint density at radius 2 is 1.97 bits per heavy atom. The number of rotatable bonds is 7. The Morgan fingerprint density at radius 1 is 1.17 bits per heavy atom. The Kier molecular flexibility index (Phi) is 5.86.